The molecule has 2 aromatic carbocycles. The molecule has 0 fully saturated rings. The van der Waals surface area contributed by atoms with Gasteiger partial charge in [0.2, 0.25) is 0 Å². The zero-order chi connectivity index (χ0) is 14.3. The number of hydrogen-bond donors (Lipinski definition) is 1. The fourth-order valence-electron chi connectivity index (χ4n) is 2.11. The molecule has 3 rings (SSSR count). The Labute approximate surface area is 121 Å². The molecule has 1 N–H and O–H groups in total. The largest absolute Gasteiger partial charge is 0.416 e. The summed E-state index contributed by atoms with van der Waals surface area (Å²) in [6.07, 6.45) is -4.30. The van der Waals surface area contributed by atoms with Gasteiger partial charge in [-0.05, 0) is 45.8 Å². The summed E-state index contributed by atoms with van der Waals surface area (Å²) in [6, 6.07) is 12.8. The Morgan fingerprint density at radius 3 is 2.25 bits per heavy atom. The minimum atomic E-state index is -4.30. The van der Waals surface area contributed by atoms with E-state index in [9.17, 15) is 13.2 Å². The second-order valence-electron chi connectivity index (χ2n) is 4.46. The maximum absolute atomic E-state index is 12.5. The number of rotatable bonds is 1. The van der Waals surface area contributed by atoms with Crippen LogP contribution in [0.5, 0.6) is 0 Å². The molecule has 0 aliphatic rings. The molecule has 0 atom stereocenters. The molecule has 102 valence electrons. The standard InChI is InChI=1S/C15H9BrF3N/c16-12-3-1-2-10-8-13(20-14(10)12)9-4-6-11(7-5-9)15(17,18)19/h1-8,20H. The number of alkyl halides is 3. The zero-order valence-corrected chi connectivity index (χ0v) is 11.7. The van der Waals surface area contributed by atoms with E-state index in [0.717, 1.165) is 38.8 Å². The van der Waals surface area contributed by atoms with E-state index in [-0.39, 0.29) is 0 Å². The number of para-hydroxylation sites is 1. The van der Waals surface area contributed by atoms with E-state index >= 15 is 0 Å². The Kier molecular flexibility index (Phi) is 3.09. The maximum atomic E-state index is 12.5. The molecule has 0 unspecified atom stereocenters. The number of nitrogens with one attached hydrogen (secondary N) is 1. The van der Waals surface area contributed by atoms with Crippen LogP contribution in [0.2, 0.25) is 0 Å². The van der Waals surface area contributed by atoms with E-state index in [2.05, 4.69) is 20.9 Å². The number of fused-ring (bicyclic) bond motifs is 1. The van der Waals surface area contributed by atoms with Crippen molar-refractivity contribution in [2.24, 2.45) is 0 Å². The molecule has 1 heterocycles. The lowest BCUT2D eigenvalue weighted by atomic mass is 10.1. The summed E-state index contributed by atoms with van der Waals surface area (Å²) in [6.45, 7) is 0. The van der Waals surface area contributed by atoms with Gasteiger partial charge in [-0.3, -0.25) is 0 Å². The zero-order valence-electron chi connectivity index (χ0n) is 10.1. The molecule has 0 aliphatic heterocycles. The highest BCUT2D eigenvalue weighted by molar-refractivity contribution is 9.10. The first-order valence-electron chi connectivity index (χ1n) is 5.90. The number of aromatic amines is 1. The Morgan fingerprint density at radius 1 is 0.950 bits per heavy atom. The third kappa shape index (κ3) is 2.33. The van der Waals surface area contributed by atoms with Gasteiger partial charge in [0.15, 0.2) is 0 Å². The number of H-pyrrole nitrogens is 1. The van der Waals surface area contributed by atoms with Gasteiger partial charge in [-0.25, -0.2) is 0 Å². The predicted octanol–water partition coefficient (Wildman–Crippen LogP) is 5.62. The summed E-state index contributed by atoms with van der Waals surface area (Å²) in [5.41, 5.74) is 1.81. The second kappa shape index (κ2) is 4.66. The van der Waals surface area contributed by atoms with E-state index < -0.39 is 11.7 Å². The van der Waals surface area contributed by atoms with Crippen LogP contribution in [0, 0.1) is 0 Å². The van der Waals surface area contributed by atoms with Crippen LogP contribution in [-0.2, 0) is 6.18 Å². The van der Waals surface area contributed by atoms with E-state index in [4.69, 9.17) is 0 Å². The van der Waals surface area contributed by atoms with E-state index in [1.54, 1.807) is 0 Å². The fourth-order valence-corrected chi connectivity index (χ4v) is 2.59. The normalized spacial score (nSPS) is 12.0. The summed E-state index contributed by atoms with van der Waals surface area (Å²) in [7, 11) is 0. The molecule has 0 aliphatic carbocycles. The van der Waals surface area contributed by atoms with Crippen LogP contribution >= 0.6 is 15.9 Å². The molecule has 0 bridgehead atoms. The monoisotopic (exact) mass is 339 g/mol. The van der Waals surface area contributed by atoms with Crippen LogP contribution in [-0.4, -0.2) is 4.98 Å². The first-order valence-corrected chi connectivity index (χ1v) is 6.69. The quantitative estimate of drug-likeness (QED) is 0.592. The Balaban J connectivity index is 2.05. The van der Waals surface area contributed by atoms with Gasteiger partial charge in [0.1, 0.15) is 0 Å². The van der Waals surface area contributed by atoms with Crippen molar-refractivity contribution in [2.45, 2.75) is 6.18 Å². The van der Waals surface area contributed by atoms with Gasteiger partial charge in [-0.2, -0.15) is 13.2 Å². The molecule has 20 heavy (non-hydrogen) atoms. The molecule has 3 aromatic rings. The topological polar surface area (TPSA) is 15.8 Å². The number of halogens is 4. The van der Waals surface area contributed by atoms with Gasteiger partial charge in [-0.15, -0.1) is 0 Å². The van der Waals surface area contributed by atoms with Crippen molar-refractivity contribution in [3.8, 4) is 11.3 Å². The minimum absolute atomic E-state index is 0.640. The smallest absolute Gasteiger partial charge is 0.354 e. The van der Waals surface area contributed by atoms with Crippen LogP contribution in [0.15, 0.2) is 53.0 Å². The molecule has 5 heteroatoms. The van der Waals surface area contributed by atoms with Crippen LogP contribution in [0.4, 0.5) is 13.2 Å². The Bertz CT molecular complexity index is 757. The van der Waals surface area contributed by atoms with Gasteiger partial charge in [0.25, 0.3) is 0 Å². The summed E-state index contributed by atoms with van der Waals surface area (Å²) >= 11 is 3.44. The molecule has 1 nitrogen and oxygen atoms in total. The molecule has 0 radical (unpaired) electrons. The average molecular weight is 340 g/mol. The highest BCUT2D eigenvalue weighted by Gasteiger charge is 2.30. The summed E-state index contributed by atoms with van der Waals surface area (Å²) < 4.78 is 38.5. The third-order valence-electron chi connectivity index (χ3n) is 3.13. The number of hydrogen-bond acceptors (Lipinski definition) is 0. The van der Waals surface area contributed by atoms with Crippen molar-refractivity contribution in [1.29, 1.82) is 0 Å². The summed E-state index contributed by atoms with van der Waals surface area (Å²) in [5.74, 6) is 0. The van der Waals surface area contributed by atoms with Crippen molar-refractivity contribution >= 4 is 26.8 Å². The van der Waals surface area contributed by atoms with Gasteiger partial charge in [0, 0.05) is 15.6 Å². The summed E-state index contributed by atoms with van der Waals surface area (Å²) in [4.78, 5) is 3.21. The van der Waals surface area contributed by atoms with Crippen molar-refractivity contribution in [2.75, 3.05) is 0 Å². The van der Waals surface area contributed by atoms with Crippen molar-refractivity contribution in [3.05, 3.63) is 58.6 Å². The van der Waals surface area contributed by atoms with Crippen LogP contribution in [0.3, 0.4) is 0 Å². The van der Waals surface area contributed by atoms with E-state index in [1.807, 2.05) is 24.3 Å². The van der Waals surface area contributed by atoms with Crippen molar-refractivity contribution in [1.82, 2.24) is 4.98 Å². The highest BCUT2D eigenvalue weighted by Crippen LogP contribution is 2.32. The minimum Gasteiger partial charge on any atom is -0.354 e. The lowest BCUT2D eigenvalue weighted by Crippen LogP contribution is -2.03. The molecule has 0 spiro atoms. The molecule has 0 saturated carbocycles. The highest BCUT2D eigenvalue weighted by atomic mass is 79.9. The second-order valence-corrected chi connectivity index (χ2v) is 5.32. The first-order chi connectivity index (χ1) is 9.45. The van der Waals surface area contributed by atoms with Crippen molar-refractivity contribution in [3.63, 3.8) is 0 Å². The molecule has 1 aromatic heterocycles. The predicted molar refractivity (Wildman–Crippen MR) is 76.4 cm³/mol. The Hall–Kier alpha value is -1.75. The van der Waals surface area contributed by atoms with Crippen LogP contribution in [0.25, 0.3) is 22.2 Å². The lowest BCUT2D eigenvalue weighted by Gasteiger charge is -2.06. The third-order valence-corrected chi connectivity index (χ3v) is 3.79. The van der Waals surface area contributed by atoms with Gasteiger partial charge >= 0.3 is 6.18 Å². The number of aromatic nitrogens is 1. The van der Waals surface area contributed by atoms with E-state index in [0.29, 0.717) is 0 Å². The molecule has 0 saturated heterocycles. The van der Waals surface area contributed by atoms with E-state index in [1.165, 1.54) is 12.1 Å². The molecular formula is C15H9BrF3N. The van der Waals surface area contributed by atoms with Gasteiger partial charge < -0.3 is 4.98 Å². The van der Waals surface area contributed by atoms with Crippen molar-refractivity contribution < 1.29 is 13.2 Å². The Morgan fingerprint density at radius 2 is 1.65 bits per heavy atom. The first kappa shape index (κ1) is 13.2. The van der Waals surface area contributed by atoms with Crippen LogP contribution in [0.1, 0.15) is 5.56 Å². The van der Waals surface area contributed by atoms with Crippen LogP contribution < -0.4 is 0 Å². The maximum Gasteiger partial charge on any atom is 0.416 e. The molecule has 0 amide bonds. The SMILES string of the molecule is FC(F)(F)c1ccc(-c2cc3cccc(Br)c3[nH]2)cc1. The van der Waals surface area contributed by atoms with Gasteiger partial charge in [-0.1, -0.05) is 24.3 Å². The molecular weight excluding hydrogens is 331 g/mol. The average Bonchev–Trinajstić information content (AvgIpc) is 2.83. The summed E-state index contributed by atoms with van der Waals surface area (Å²) in [5, 5.41) is 1.01. The van der Waals surface area contributed by atoms with Gasteiger partial charge in [0.05, 0.1) is 11.1 Å². The lowest BCUT2D eigenvalue weighted by molar-refractivity contribution is -0.137. The fraction of sp³-hybridized carbons (Fsp3) is 0.0667. The number of benzene rings is 2.